The molecule has 1 N–H and O–H groups in total. The van der Waals surface area contributed by atoms with Gasteiger partial charge >= 0.3 is 0 Å². The molecule has 3 rings (SSSR count). The number of carbonyl (C=O) groups is 1. The van der Waals surface area contributed by atoms with Crippen LogP contribution in [0, 0.1) is 0 Å². The van der Waals surface area contributed by atoms with E-state index in [1.54, 1.807) is 28.0 Å². The number of nitrogens with zero attached hydrogens (tertiary/aromatic N) is 1. The van der Waals surface area contributed by atoms with Gasteiger partial charge in [0.15, 0.2) is 0 Å². The first-order chi connectivity index (χ1) is 11.2. The summed E-state index contributed by atoms with van der Waals surface area (Å²) in [7, 11) is 0. The Labute approximate surface area is 139 Å². The average Bonchev–Trinajstić information content (AvgIpc) is 3.03. The van der Waals surface area contributed by atoms with E-state index < -0.39 is 0 Å². The Kier molecular flexibility index (Phi) is 4.76. The van der Waals surface area contributed by atoms with Crippen LogP contribution in [0.15, 0.2) is 46.4 Å². The summed E-state index contributed by atoms with van der Waals surface area (Å²) < 4.78 is 1.78. The van der Waals surface area contributed by atoms with Crippen molar-refractivity contribution in [1.29, 1.82) is 0 Å². The Balaban J connectivity index is 1.68. The molecule has 2 heterocycles. The van der Waals surface area contributed by atoms with Crippen LogP contribution in [0.1, 0.15) is 23.2 Å². The monoisotopic (exact) mass is 328 g/mol. The van der Waals surface area contributed by atoms with Crippen LogP contribution in [-0.4, -0.2) is 16.5 Å². The zero-order valence-electron chi connectivity index (χ0n) is 13.0. The number of thiophene rings is 1. The summed E-state index contributed by atoms with van der Waals surface area (Å²) in [6, 6.07) is 5.63. The molecule has 1 amide bonds. The second-order valence-electron chi connectivity index (χ2n) is 5.86. The van der Waals surface area contributed by atoms with Crippen LogP contribution in [0.3, 0.4) is 0 Å². The fourth-order valence-electron chi connectivity index (χ4n) is 3.13. The highest BCUT2D eigenvalue weighted by atomic mass is 32.1. The number of hydrogen-bond acceptors (Lipinski definition) is 3. The van der Waals surface area contributed by atoms with E-state index in [1.165, 1.54) is 0 Å². The molecule has 0 saturated heterocycles. The van der Waals surface area contributed by atoms with Gasteiger partial charge in [0.2, 0.25) is 5.91 Å². The molecular formula is C18H20N2O2S. The van der Waals surface area contributed by atoms with E-state index in [9.17, 15) is 9.59 Å². The Bertz CT molecular complexity index is 762. The van der Waals surface area contributed by atoms with E-state index in [1.807, 2.05) is 22.9 Å². The van der Waals surface area contributed by atoms with Gasteiger partial charge in [-0.1, -0.05) is 12.1 Å². The molecule has 0 fully saturated rings. The van der Waals surface area contributed by atoms with Gasteiger partial charge in [0.1, 0.15) is 0 Å². The highest BCUT2D eigenvalue weighted by Crippen LogP contribution is 2.20. The van der Waals surface area contributed by atoms with Gasteiger partial charge in [0.25, 0.3) is 5.56 Å². The van der Waals surface area contributed by atoms with E-state index in [2.05, 4.69) is 11.9 Å². The van der Waals surface area contributed by atoms with E-state index in [-0.39, 0.29) is 17.5 Å². The fraction of sp³-hybridized carbons (Fsp3) is 0.333. The van der Waals surface area contributed by atoms with E-state index in [0.29, 0.717) is 13.0 Å². The Morgan fingerprint density at radius 1 is 1.43 bits per heavy atom. The number of pyridine rings is 1. The number of fused-ring (bicyclic) bond motifs is 1. The molecular weight excluding hydrogens is 308 g/mol. The highest BCUT2D eigenvalue weighted by molar-refractivity contribution is 7.07. The molecule has 0 aromatic carbocycles. The molecule has 0 saturated carbocycles. The molecule has 2 aromatic rings. The minimum absolute atomic E-state index is 0.0172. The minimum Gasteiger partial charge on any atom is -0.353 e. The van der Waals surface area contributed by atoms with Crippen molar-refractivity contribution in [3.05, 3.63) is 68.8 Å². The van der Waals surface area contributed by atoms with Crippen molar-refractivity contribution in [2.75, 3.05) is 0 Å². The van der Waals surface area contributed by atoms with Gasteiger partial charge < -0.3 is 9.88 Å². The normalized spacial score (nSPS) is 16.6. The Morgan fingerprint density at radius 3 is 3.04 bits per heavy atom. The van der Waals surface area contributed by atoms with Crippen LogP contribution >= 0.6 is 11.3 Å². The quantitative estimate of drug-likeness (QED) is 0.856. The van der Waals surface area contributed by atoms with E-state index in [0.717, 1.165) is 36.1 Å². The van der Waals surface area contributed by atoms with Gasteiger partial charge in [-0.15, -0.1) is 6.58 Å². The Hall–Kier alpha value is -2.14. The summed E-state index contributed by atoms with van der Waals surface area (Å²) in [6.45, 7) is 4.26. The fourth-order valence-corrected chi connectivity index (χ4v) is 3.80. The predicted molar refractivity (Wildman–Crippen MR) is 92.9 cm³/mol. The molecule has 1 atom stereocenters. The topological polar surface area (TPSA) is 51.1 Å². The van der Waals surface area contributed by atoms with Crippen LogP contribution < -0.4 is 10.9 Å². The molecule has 23 heavy (non-hydrogen) atoms. The van der Waals surface area contributed by atoms with Gasteiger partial charge in [0.05, 0.1) is 6.42 Å². The van der Waals surface area contributed by atoms with Gasteiger partial charge in [-0.05, 0) is 47.2 Å². The van der Waals surface area contributed by atoms with Crippen molar-refractivity contribution in [1.82, 2.24) is 9.88 Å². The first kappa shape index (κ1) is 15.7. The molecule has 0 bridgehead atoms. The van der Waals surface area contributed by atoms with Crippen LogP contribution in [0.5, 0.6) is 0 Å². The van der Waals surface area contributed by atoms with Crippen molar-refractivity contribution in [3.63, 3.8) is 0 Å². The summed E-state index contributed by atoms with van der Waals surface area (Å²) in [4.78, 5) is 24.1. The zero-order valence-corrected chi connectivity index (χ0v) is 13.8. The molecule has 0 spiro atoms. The predicted octanol–water partition coefficient (Wildman–Crippen LogP) is 2.31. The highest BCUT2D eigenvalue weighted by Gasteiger charge is 2.22. The summed E-state index contributed by atoms with van der Waals surface area (Å²) in [5.74, 6) is 0.0660. The lowest BCUT2D eigenvalue weighted by molar-refractivity contribution is -0.121. The molecule has 1 aliphatic rings. The van der Waals surface area contributed by atoms with E-state index >= 15 is 0 Å². The summed E-state index contributed by atoms with van der Waals surface area (Å²) in [6.07, 6.45) is 4.63. The number of nitrogens with one attached hydrogen (secondary N) is 1. The van der Waals surface area contributed by atoms with Crippen molar-refractivity contribution in [3.8, 4) is 0 Å². The number of amides is 1. The third-order valence-electron chi connectivity index (χ3n) is 4.21. The molecule has 5 heteroatoms. The lowest BCUT2D eigenvalue weighted by Gasteiger charge is -2.27. The first-order valence-electron chi connectivity index (χ1n) is 7.80. The van der Waals surface area contributed by atoms with Crippen molar-refractivity contribution >= 4 is 17.2 Å². The second kappa shape index (κ2) is 6.96. The molecule has 1 aliphatic carbocycles. The lowest BCUT2D eigenvalue weighted by Crippen LogP contribution is -2.41. The maximum atomic E-state index is 12.1. The number of aromatic nitrogens is 1. The largest absolute Gasteiger partial charge is 0.353 e. The summed E-state index contributed by atoms with van der Waals surface area (Å²) >= 11 is 1.61. The van der Waals surface area contributed by atoms with Crippen molar-refractivity contribution in [2.24, 2.45) is 0 Å². The molecule has 4 nitrogen and oxygen atoms in total. The summed E-state index contributed by atoms with van der Waals surface area (Å²) in [5.41, 5.74) is 3.31. The standard InChI is InChI=1S/C18H20N2O2S/c1-2-8-20-16-5-4-15(11-14(16)3-6-18(20)22)19-17(21)10-13-7-9-23-12-13/h2-3,6-7,9,12,15H,1,4-5,8,10-11H2,(H,19,21). The molecule has 0 radical (unpaired) electrons. The third kappa shape index (κ3) is 3.62. The number of carbonyl (C=O) groups excluding carboxylic acids is 1. The smallest absolute Gasteiger partial charge is 0.251 e. The Morgan fingerprint density at radius 2 is 2.30 bits per heavy atom. The van der Waals surface area contributed by atoms with Crippen molar-refractivity contribution < 1.29 is 4.79 Å². The maximum Gasteiger partial charge on any atom is 0.251 e. The number of hydrogen-bond donors (Lipinski definition) is 1. The molecule has 1 unspecified atom stereocenters. The number of allylic oxidation sites excluding steroid dienone is 1. The molecule has 2 aromatic heterocycles. The van der Waals surface area contributed by atoms with Gasteiger partial charge in [0, 0.05) is 24.3 Å². The zero-order chi connectivity index (χ0) is 16.2. The van der Waals surface area contributed by atoms with Gasteiger partial charge in [-0.25, -0.2) is 0 Å². The molecule has 0 aliphatic heterocycles. The minimum atomic E-state index is 0.0172. The third-order valence-corrected chi connectivity index (χ3v) is 4.94. The van der Waals surface area contributed by atoms with Crippen LogP contribution in [0.25, 0.3) is 0 Å². The summed E-state index contributed by atoms with van der Waals surface area (Å²) in [5, 5.41) is 7.11. The van der Waals surface area contributed by atoms with Gasteiger partial charge in [-0.2, -0.15) is 11.3 Å². The second-order valence-corrected chi connectivity index (χ2v) is 6.64. The SMILES string of the molecule is C=CCn1c2c(ccc1=O)CC(NC(=O)Cc1ccsc1)CC2. The van der Waals surface area contributed by atoms with Crippen LogP contribution in [0.2, 0.25) is 0 Å². The van der Waals surface area contributed by atoms with Gasteiger partial charge in [-0.3, -0.25) is 9.59 Å². The van der Waals surface area contributed by atoms with Crippen LogP contribution in [0.4, 0.5) is 0 Å². The maximum absolute atomic E-state index is 12.1. The number of rotatable bonds is 5. The van der Waals surface area contributed by atoms with Crippen LogP contribution in [-0.2, 0) is 30.6 Å². The lowest BCUT2D eigenvalue weighted by atomic mass is 9.91. The first-order valence-corrected chi connectivity index (χ1v) is 8.74. The molecule has 120 valence electrons. The average molecular weight is 328 g/mol. The van der Waals surface area contributed by atoms with E-state index in [4.69, 9.17) is 0 Å². The van der Waals surface area contributed by atoms with Crippen molar-refractivity contribution in [2.45, 2.75) is 38.3 Å².